The van der Waals surface area contributed by atoms with Crippen molar-refractivity contribution in [3.8, 4) is 0 Å². The van der Waals surface area contributed by atoms with Crippen molar-refractivity contribution in [1.82, 2.24) is 10.2 Å². The first-order valence-electron chi connectivity index (χ1n) is 11.9. The van der Waals surface area contributed by atoms with Gasteiger partial charge in [-0.2, -0.15) is 0 Å². The summed E-state index contributed by atoms with van der Waals surface area (Å²) in [5, 5.41) is 13.8. The molecule has 34 heavy (non-hydrogen) atoms. The van der Waals surface area contributed by atoms with Gasteiger partial charge in [0.25, 0.3) is 0 Å². The van der Waals surface area contributed by atoms with Gasteiger partial charge in [-0.15, -0.1) is 0 Å². The highest BCUT2D eigenvalue weighted by atomic mass is 16.6. The van der Waals surface area contributed by atoms with E-state index in [4.69, 9.17) is 4.74 Å². The van der Waals surface area contributed by atoms with E-state index in [1.165, 1.54) is 4.90 Å². The van der Waals surface area contributed by atoms with Gasteiger partial charge in [0.1, 0.15) is 11.3 Å². The molecule has 1 aromatic rings. The van der Waals surface area contributed by atoms with Gasteiger partial charge >= 0.3 is 6.09 Å². The number of hydrogen-bond acceptors (Lipinski definition) is 4. The van der Waals surface area contributed by atoms with Gasteiger partial charge < -0.3 is 15.2 Å². The van der Waals surface area contributed by atoms with Gasteiger partial charge in [0.05, 0.1) is 0 Å². The minimum Gasteiger partial charge on any atom is -0.444 e. The summed E-state index contributed by atoms with van der Waals surface area (Å²) in [6.07, 6.45) is 7.41. The van der Waals surface area contributed by atoms with E-state index in [0.717, 1.165) is 11.1 Å². The summed E-state index contributed by atoms with van der Waals surface area (Å²) in [7, 11) is 0. The maximum absolute atomic E-state index is 13.1. The molecule has 1 unspecified atom stereocenters. The second-order valence-electron chi connectivity index (χ2n) is 9.86. The molecule has 1 aromatic carbocycles. The molecule has 0 saturated heterocycles. The van der Waals surface area contributed by atoms with Gasteiger partial charge in [-0.25, -0.2) is 4.79 Å². The molecule has 6 nitrogen and oxygen atoms in total. The Kier molecular flexibility index (Phi) is 11.8. The Balaban J connectivity index is 2.88. The van der Waals surface area contributed by atoms with Gasteiger partial charge in [0.2, 0.25) is 5.91 Å². The summed E-state index contributed by atoms with van der Waals surface area (Å²) in [6.45, 7) is 16.5. The maximum Gasteiger partial charge on any atom is 0.412 e. The van der Waals surface area contributed by atoms with E-state index in [9.17, 15) is 14.7 Å². The lowest BCUT2D eigenvalue weighted by Gasteiger charge is -2.41. The molecule has 0 radical (unpaired) electrons. The van der Waals surface area contributed by atoms with Crippen LogP contribution in [-0.4, -0.2) is 45.9 Å². The van der Waals surface area contributed by atoms with E-state index < -0.39 is 17.4 Å². The van der Waals surface area contributed by atoms with Crippen LogP contribution >= 0.6 is 0 Å². The number of allylic oxidation sites excluding steroid dienone is 3. The molecule has 0 bridgehead atoms. The van der Waals surface area contributed by atoms with Crippen molar-refractivity contribution in [2.75, 3.05) is 6.54 Å². The van der Waals surface area contributed by atoms with Gasteiger partial charge in [0, 0.05) is 19.0 Å². The topological polar surface area (TPSA) is 78.9 Å². The van der Waals surface area contributed by atoms with Gasteiger partial charge in [-0.05, 0) is 71.4 Å². The van der Waals surface area contributed by atoms with E-state index in [0.29, 0.717) is 38.6 Å². The van der Waals surface area contributed by atoms with Crippen molar-refractivity contribution in [1.29, 1.82) is 0 Å². The van der Waals surface area contributed by atoms with Crippen molar-refractivity contribution in [2.45, 2.75) is 84.1 Å². The molecular formula is C28H42N2O4. The predicted octanol–water partition coefficient (Wildman–Crippen LogP) is 5.54. The number of carbonyl (C=O) groups is 2. The Morgan fingerprint density at radius 2 is 1.76 bits per heavy atom. The first-order valence-corrected chi connectivity index (χ1v) is 11.9. The third kappa shape index (κ3) is 11.3. The summed E-state index contributed by atoms with van der Waals surface area (Å²) >= 11 is 0. The number of rotatable bonds is 13. The third-order valence-corrected chi connectivity index (χ3v) is 5.13. The molecule has 6 heteroatoms. The van der Waals surface area contributed by atoms with Crippen LogP contribution in [-0.2, 0) is 16.0 Å². The van der Waals surface area contributed by atoms with Crippen molar-refractivity contribution < 1.29 is 19.4 Å². The van der Waals surface area contributed by atoms with E-state index in [1.807, 2.05) is 36.4 Å². The Hall–Kier alpha value is -2.86. The van der Waals surface area contributed by atoms with Crippen LogP contribution in [0.25, 0.3) is 0 Å². The molecule has 0 aliphatic carbocycles. The molecule has 0 aliphatic heterocycles. The zero-order valence-corrected chi connectivity index (χ0v) is 21.5. The number of ether oxygens (including phenoxy) is 1. The predicted molar refractivity (Wildman–Crippen MR) is 138 cm³/mol. The molecular weight excluding hydrogens is 428 g/mol. The number of carbonyl (C=O) groups excluding carboxylic acids is 2. The minimum absolute atomic E-state index is 0.0486. The van der Waals surface area contributed by atoms with Crippen LogP contribution in [0.15, 0.2) is 67.3 Å². The lowest BCUT2D eigenvalue weighted by molar-refractivity contribution is -0.121. The maximum atomic E-state index is 13.1. The first-order chi connectivity index (χ1) is 15.9. The fraction of sp³-hybridized carbons (Fsp3) is 0.500. The zero-order valence-electron chi connectivity index (χ0n) is 21.5. The molecule has 0 aromatic heterocycles. The second kappa shape index (κ2) is 13.8. The number of benzene rings is 1. The molecule has 0 heterocycles. The smallest absolute Gasteiger partial charge is 0.412 e. The third-order valence-electron chi connectivity index (χ3n) is 5.13. The highest BCUT2D eigenvalue weighted by Gasteiger charge is 2.37. The van der Waals surface area contributed by atoms with Gasteiger partial charge in [0.15, 0.2) is 0 Å². The summed E-state index contributed by atoms with van der Waals surface area (Å²) in [5.74, 6) is -0.0486. The van der Waals surface area contributed by atoms with Crippen molar-refractivity contribution >= 4 is 12.0 Å². The van der Waals surface area contributed by atoms with Crippen LogP contribution in [0.2, 0.25) is 0 Å². The summed E-state index contributed by atoms with van der Waals surface area (Å²) in [5.41, 5.74) is -0.0674. The number of hydrogen-bond donors (Lipinski definition) is 2. The number of nitrogens with zero attached hydrogens (tertiary/aromatic N) is 1. The quantitative estimate of drug-likeness (QED) is 0.293. The minimum atomic E-state index is -1.43. The van der Waals surface area contributed by atoms with Crippen molar-refractivity contribution in [2.24, 2.45) is 0 Å². The van der Waals surface area contributed by atoms with Crippen LogP contribution in [0.4, 0.5) is 4.79 Å². The Morgan fingerprint density at radius 3 is 2.29 bits per heavy atom. The fourth-order valence-corrected chi connectivity index (χ4v) is 3.68. The second-order valence-corrected chi connectivity index (χ2v) is 9.86. The molecule has 0 aliphatic rings. The number of nitrogens with one attached hydrogen (secondary N) is 1. The van der Waals surface area contributed by atoms with E-state index in [2.05, 4.69) is 18.5 Å². The number of aliphatic hydroxyl groups is 1. The molecule has 0 fully saturated rings. The average molecular weight is 471 g/mol. The van der Waals surface area contributed by atoms with Crippen LogP contribution in [0.3, 0.4) is 0 Å². The largest absolute Gasteiger partial charge is 0.444 e. The summed E-state index contributed by atoms with van der Waals surface area (Å²) in [6, 6.07) is 9.47. The SMILES string of the molecule is C=C/C=C(\C=C)CCNC(=O)CCCC(Cc1ccccc1)N(C(=O)OC(C)(C)C)C(C)(C)O. The van der Waals surface area contributed by atoms with Crippen molar-refractivity contribution in [3.63, 3.8) is 0 Å². The Morgan fingerprint density at radius 1 is 1.12 bits per heavy atom. The lowest BCUT2D eigenvalue weighted by atomic mass is 9.97. The Bertz CT molecular complexity index is 832. The Labute approximate surface area is 205 Å². The fourth-order valence-electron chi connectivity index (χ4n) is 3.68. The molecule has 2 amide bonds. The highest BCUT2D eigenvalue weighted by Crippen LogP contribution is 2.25. The highest BCUT2D eigenvalue weighted by molar-refractivity contribution is 5.75. The molecule has 1 rings (SSSR count). The normalized spacial score (nSPS) is 13.1. The van der Waals surface area contributed by atoms with E-state index in [1.54, 1.807) is 46.8 Å². The lowest BCUT2D eigenvalue weighted by Crippen LogP contribution is -2.55. The molecule has 1 atom stereocenters. The standard InChI is InChI=1S/C28H42N2O4/c1-8-14-22(9-2)19-20-29-25(31)18-13-17-24(21-23-15-11-10-12-16-23)30(28(6,7)33)26(32)34-27(3,4)5/h8-12,14-16,24,33H,1-2,13,17-21H2,3-7H3,(H,29,31)/b22-14+. The van der Waals surface area contributed by atoms with Crippen LogP contribution in [0, 0.1) is 0 Å². The summed E-state index contributed by atoms with van der Waals surface area (Å²) in [4.78, 5) is 26.8. The molecule has 0 saturated carbocycles. The van der Waals surface area contributed by atoms with Crippen LogP contribution < -0.4 is 5.32 Å². The molecule has 2 N–H and O–H groups in total. The van der Waals surface area contributed by atoms with E-state index in [-0.39, 0.29) is 11.9 Å². The number of amides is 2. The van der Waals surface area contributed by atoms with Crippen LogP contribution in [0.5, 0.6) is 0 Å². The van der Waals surface area contributed by atoms with Gasteiger partial charge in [-0.1, -0.05) is 61.7 Å². The zero-order chi connectivity index (χ0) is 25.8. The van der Waals surface area contributed by atoms with Crippen LogP contribution in [0.1, 0.15) is 65.9 Å². The monoisotopic (exact) mass is 470 g/mol. The summed E-state index contributed by atoms with van der Waals surface area (Å²) < 4.78 is 5.61. The average Bonchev–Trinajstić information content (AvgIpc) is 2.71. The van der Waals surface area contributed by atoms with Gasteiger partial charge in [-0.3, -0.25) is 9.69 Å². The molecule has 188 valence electrons. The first kappa shape index (κ1) is 29.2. The van der Waals surface area contributed by atoms with E-state index >= 15 is 0 Å². The van der Waals surface area contributed by atoms with Crippen molar-refractivity contribution in [3.05, 3.63) is 72.9 Å². The molecule has 0 spiro atoms.